The number of carbonyl (C=O) groups excluding carboxylic acids is 1. The van der Waals surface area contributed by atoms with Gasteiger partial charge in [-0.2, -0.15) is 5.10 Å². The number of fused-ring (bicyclic) bond motifs is 1. The monoisotopic (exact) mass is 384 g/mol. The number of esters is 1. The molecule has 8 heteroatoms. The Labute approximate surface area is 160 Å². The molecule has 3 aromatic rings. The first kappa shape index (κ1) is 19.4. The molecule has 0 aliphatic heterocycles. The molecule has 1 N–H and O–H groups in total. The minimum absolute atomic E-state index is 0.00940. The van der Waals surface area contributed by atoms with Crippen LogP contribution in [0.2, 0.25) is 0 Å². The summed E-state index contributed by atoms with van der Waals surface area (Å²) >= 11 is 0. The molecule has 1 heterocycles. The Balaban J connectivity index is 1.69. The number of aliphatic hydroxyl groups is 1. The molecule has 0 bridgehead atoms. The van der Waals surface area contributed by atoms with Crippen LogP contribution in [0.4, 0.5) is 0 Å². The average molecular weight is 384 g/mol. The molecule has 0 saturated carbocycles. The van der Waals surface area contributed by atoms with Crippen molar-refractivity contribution in [3.63, 3.8) is 0 Å². The number of rotatable bonds is 8. The Morgan fingerprint density at radius 1 is 1.04 bits per heavy atom. The van der Waals surface area contributed by atoms with E-state index in [0.717, 1.165) is 10.4 Å². The van der Waals surface area contributed by atoms with Gasteiger partial charge in [0.15, 0.2) is 5.69 Å². The highest BCUT2D eigenvalue weighted by Gasteiger charge is 2.17. The Morgan fingerprint density at radius 3 is 2.39 bits per heavy atom. The van der Waals surface area contributed by atoms with E-state index < -0.39 is 5.97 Å². The minimum Gasteiger partial charge on any atom is -0.497 e. The van der Waals surface area contributed by atoms with Gasteiger partial charge in [0.25, 0.3) is 5.56 Å². The Kier molecular flexibility index (Phi) is 6.23. The molecule has 1 aromatic heterocycles. The van der Waals surface area contributed by atoms with Crippen molar-refractivity contribution in [1.82, 2.24) is 9.78 Å². The van der Waals surface area contributed by atoms with Crippen molar-refractivity contribution in [2.45, 2.75) is 6.54 Å². The first-order chi connectivity index (χ1) is 13.6. The van der Waals surface area contributed by atoms with Gasteiger partial charge >= 0.3 is 5.97 Å². The number of methoxy groups -OCH3 is 1. The van der Waals surface area contributed by atoms with Gasteiger partial charge < -0.3 is 19.3 Å². The van der Waals surface area contributed by atoms with Crippen molar-refractivity contribution >= 4 is 16.7 Å². The smallest absolute Gasteiger partial charge is 0.359 e. The summed E-state index contributed by atoms with van der Waals surface area (Å²) in [6.45, 7) is -0.105. The maximum Gasteiger partial charge on any atom is 0.359 e. The van der Waals surface area contributed by atoms with Gasteiger partial charge in [-0.3, -0.25) is 4.79 Å². The summed E-state index contributed by atoms with van der Waals surface area (Å²) in [5, 5.41) is 13.9. The molecule has 0 saturated heterocycles. The van der Waals surface area contributed by atoms with Crippen molar-refractivity contribution in [1.29, 1.82) is 0 Å². The van der Waals surface area contributed by atoms with E-state index in [1.54, 1.807) is 55.6 Å². The Bertz CT molecular complexity index is 1010. The predicted molar refractivity (Wildman–Crippen MR) is 102 cm³/mol. The van der Waals surface area contributed by atoms with Gasteiger partial charge in [0.05, 0.1) is 25.6 Å². The van der Waals surface area contributed by atoms with Gasteiger partial charge in [-0.25, -0.2) is 9.48 Å². The van der Waals surface area contributed by atoms with Gasteiger partial charge in [0.1, 0.15) is 24.7 Å². The van der Waals surface area contributed by atoms with Crippen molar-refractivity contribution < 1.29 is 24.1 Å². The van der Waals surface area contributed by atoms with Crippen LogP contribution in [0.5, 0.6) is 11.5 Å². The molecule has 0 atom stereocenters. The third-order valence-corrected chi connectivity index (χ3v) is 4.02. The molecule has 0 aliphatic rings. The molecule has 3 rings (SSSR count). The summed E-state index contributed by atoms with van der Waals surface area (Å²) in [6.07, 6.45) is 0. The van der Waals surface area contributed by atoms with E-state index in [1.807, 2.05) is 0 Å². The van der Waals surface area contributed by atoms with Crippen LogP contribution < -0.4 is 15.0 Å². The molecule has 0 radical (unpaired) electrons. The fourth-order valence-corrected chi connectivity index (χ4v) is 2.67. The zero-order valence-corrected chi connectivity index (χ0v) is 15.3. The van der Waals surface area contributed by atoms with Crippen LogP contribution in [0.25, 0.3) is 10.8 Å². The van der Waals surface area contributed by atoms with Gasteiger partial charge in [-0.05, 0) is 30.3 Å². The number of benzene rings is 2. The maximum absolute atomic E-state index is 12.5. The van der Waals surface area contributed by atoms with Gasteiger partial charge in [0.2, 0.25) is 0 Å². The lowest BCUT2D eigenvalue weighted by Crippen LogP contribution is -2.28. The fraction of sp³-hybridized carbons (Fsp3) is 0.250. The van der Waals surface area contributed by atoms with E-state index in [9.17, 15) is 9.59 Å². The summed E-state index contributed by atoms with van der Waals surface area (Å²) in [5.74, 6) is 0.674. The molecule has 28 heavy (non-hydrogen) atoms. The standard InChI is InChI=1S/C20H20N2O6/c1-26-14-6-8-15(9-7-14)27-12-13-28-20(25)18-16-4-2-3-5-17(16)19(24)22(21-18)10-11-23/h2-9,23H,10-13H2,1H3. The van der Waals surface area contributed by atoms with E-state index in [0.29, 0.717) is 16.5 Å². The number of aromatic nitrogens is 2. The van der Waals surface area contributed by atoms with Crippen LogP contribution in [-0.4, -0.2) is 47.8 Å². The molecular weight excluding hydrogens is 364 g/mol. The van der Waals surface area contributed by atoms with E-state index >= 15 is 0 Å². The topological polar surface area (TPSA) is 99.9 Å². The first-order valence-corrected chi connectivity index (χ1v) is 8.68. The summed E-state index contributed by atoms with van der Waals surface area (Å²) in [4.78, 5) is 24.9. The third kappa shape index (κ3) is 4.29. The SMILES string of the molecule is COc1ccc(OCCOC(=O)c2nn(CCO)c(=O)c3ccccc23)cc1. The fourth-order valence-electron chi connectivity index (χ4n) is 2.67. The summed E-state index contributed by atoms with van der Waals surface area (Å²) in [5.41, 5.74) is -0.350. The molecule has 0 unspecified atom stereocenters. The zero-order valence-electron chi connectivity index (χ0n) is 15.3. The molecule has 8 nitrogen and oxygen atoms in total. The molecule has 0 spiro atoms. The minimum atomic E-state index is -0.666. The highest BCUT2D eigenvalue weighted by Crippen LogP contribution is 2.17. The van der Waals surface area contributed by atoms with E-state index in [4.69, 9.17) is 19.3 Å². The van der Waals surface area contributed by atoms with Crippen LogP contribution in [0.3, 0.4) is 0 Å². The summed E-state index contributed by atoms with van der Waals surface area (Å²) in [7, 11) is 1.58. The zero-order chi connectivity index (χ0) is 19.9. The van der Waals surface area contributed by atoms with Crippen LogP contribution in [-0.2, 0) is 11.3 Å². The lowest BCUT2D eigenvalue weighted by atomic mass is 10.1. The first-order valence-electron chi connectivity index (χ1n) is 8.68. The van der Waals surface area contributed by atoms with Crippen molar-refractivity contribution in [2.75, 3.05) is 26.9 Å². The normalized spacial score (nSPS) is 10.6. The van der Waals surface area contributed by atoms with Crippen molar-refractivity contribution in [2.24, 2.45) is 0 Å². The second-order valence-electron chi connectivity index (χ2n) is 5.81. The number of hydrogen-bond donors (Lipinski definition) is 1. The predicted octanol–water partition coefficient (Wildman–Crippen LogP) is 1.63. The molecule has 0 aliphatic carbocycles. The maximum atomic E-state index is 12.5. The number of ether oxygens (including phenoxy) is 3. The second-order valence-corrected chi connectivity index (χ2v) is 5.81. The number of nitrogens with zero attached hydrogens (tertiary/aromatic N) is 2. The molecular formula is C20H20N2O6. The lowest BCUT2D eigenvalue weighted by Gasteiger charge is -2.11. The van der Waals surface area contributed by atoms with Crippen LogP contribution in [0, 0.1) is 0 Å². The Morgan fingerprint density at radius 2 is 1.71 bits per heavy atom. The number of aliphatic hydroxyl groups excluding tert-OH is 1. The van der Waals surface area contributed by atoms with Crippen molar-refractivity contribution in [3.05, 3.63) is 64.6 Å². The van der Waals surface area contributed by atoms with Gasteiger partial charge in [-0.15, -0.1) is 0 Å². The second kappa shape index (κ2) is 9.01. The third-order valence-electron chi connectivity index (χ3n) is 4.02. The van der Waals surface area contributed by atoms with E-state index in [-0.39, 0.29) is 37.6 Å². The summed E-state index contributed by atoms with van der Waals surface area (Å²) in [6, 6.07) is 13.7. The number of hydrogen-bond acceptors (Lipinski definition) is 7. The van der Waals surface area contributed by atoms with Crippen molar-refractivity contribution in [3.8, 4) is 11.5 Å². The number of carbonyl (C=O) groups is 1. The summed E-state index contributed by atoms with van der Waals surface area (Å²) < 4.78 is 16.9. The highest BCUT2D eigenvalue weighted by atomic mass is 16.6. The molecule has 0 amide bonds. The van der Waals surface area contributed by atoms with Gasteiger partial charge in [-0.1, -0.05) is 18.2 Å². The Hall–Kier alpha value is -3.39. The molecule has 0 fully saturated rings. The largest absolute Gasteiger partial charge is 0.497 e. The van der Waals surface area contributed by atoms with Crippen LogP contribution >= 0.6 is 0 Å². The average Bonchev–Trinajstić information content (AvgIpc) is 2.73. The molecule has 2 aromatic carbocycles. The van der Waals surface area contributed by atoms with E-state index in [2.05, 4.69) is 5.10 Å². The van der Waals surface area contributed by atoms with Gasteiger partial charge in [0, 0.05) is 5.39 Å². The van der Waals surface area contributed by atoms with Crippen LogP contribution in [0.1, 0.15) is 10.5 Å². The van der Waals surface area contributed by atoms with E-state index in [1.165, 1.54) is 0 Å². The molecule has 146 valence electrons. The highest BCUT2D eigenvalue weighted by molar-refractivity contribution is 6.02. The lowest BCUT2D eigenvalue weighted by molar-refractivity contribution is 0.0443. The van der Waals surface area contributed by atoms with Crippen LogP contribution in [0.15, 0.2) is 53.3 Å². The quantitative estimate of drug-likeness (QED) is 0.465.